The number of hydrogen-bond acceptors (Lipinski definition) is 7. The first kappa shape index (κ1) is 25.2. The Hall–Kier alpha value is -3.55. The van der Waals surface area contributed by atoms with E-state index in [9.17, 15) is 14.4 Å². The Bertz CT molecular complexity index is 1570. The maximum atomic E-state index is 14.0. The van der Waals surface area contributed by atoms with Crippen LogP contribution in [0.25, 0.3) is 5.76 Å². The molecule has 2 saturated carbocycles. The van der Waals surface area contributed by atoms with Crippen molar-refractivity contribution in [2.24, 2.45) is 23.2 Å². The molecule has 41 heavy (non-hydrogen) atoms. The second-order valence-corrected chi connectivity index (χ2v) is 12.9. The van der Waals surface area contributed by atoms with Crippen molar-refractivity contribution in [3.63, 3.8) is 0 Å². The van der Waals surface area contributed by atoms with Crippen LogP contribution < -0.4 is 0 Å². The van der Waals surface area contributed by atoms with Crippen LogP contribution in [0.5, 0.6) is 0 Å². The van der Waals surface area contributed by atoms with E-state index in [1.54, 1.807) is 24.3 Å². The SMILES string of the molecule is CC(C)[C@]12O[C@H]1CC1[C@]3(O[C@H]3C[C@H]3C4=C(CC[C@]13C)C(=O)O/C4=C(/OC(=O)c1ccccc1)c1ccccc1)C2=O. The van der Waals surface area contributed by atoms with E-state index in [0.717, 1.165) is 18.4 Å². The van der Waals surface area contributed by atoms with Gasteiger partial charge in [-0.2, -0.15) is 0 Å². The fourth-order valence-corrected chi connectivity index (χ4v) is 8.64. The van der Waals surface area contributed by atoms with E-state index in [4.69, 9.17) is 18.9 Å². The molecule has 0 aromatic heterocycles. The summed E-state index contributed by atoms with van der Waals surface area (Å²) in [5.74, 6) is -0.280. The van der Waals surface area contributed by atoms with Crippen molar-refractivity contribution in [3.8, 4) is 0 Å². The molecule has 3 aliphatic heterocycles. The fourth-order valence-electron chi connectivity index (χ4n) is 8.64. The molecule has 0 bridgehead atoms. The molecule has 1 spiro atoms. The number of hydrogen-bond donors (Lipinski definition) is 0. The molecule has 7 nitrogen and oxygen atoms in total. The summed E-state index contributed by atoms with van der Waals surface area (Å²) < 4.78 is 24.6. The minimum absolute atomic E-state index is 0.0244. The molecule has 3 aliphatic carbocycles. The largest absolute Gasteiger partial charge is 0.419 e. The van der Waals surface area contributed by atoms with Crippen LogP contribution in [0.4, 0.5) is 0 Å². The number of benzene rings is 2. The van der Waals surface area contributed by atoms with E-state index < -0.39 is 17.2 Å². The van der Waals surface area contributed by atoms with Crippen LogP contribution in [0.15, 0.2) is 77.6 Å². The number of allylic oxidation sites excluding steroid dienone is 1. The van der Waals surface area contributed by atoms with Gasteiger partial charge in [0.15, 0.2) is 22.7 Å². The molecule has 4 fully saturated rings. The first-order valence-corrected chi connectivity index (χ1v) is 14.6. The molecule has 7 atom stereocenters. The Kier molecular flexibility index (Phi) is 5.08. The monoisotopic (exact) mass is 552 g/mol. The third kappa shape index (κ3) is 3.19. The molecule has 0 amide bonds. The topological polar surface area (TPSA) is 94.7 Å². The quantitative estimate of drug-likeness (QED) is 0.285. The van der Waals surface area contributed by atoms with Crippen LogP contribution >= 0.6 is 0 Å². The normalized spacial score (nSPS) is 39.1. The summed E-state index contributed by atoms with van der Waals surface area (Å²) in [7, 11) is 0. The molecule has 0 N–H and O–H groups in total. The minimum atomic E-state index is -0.810. The average molecular weight is 553 g/mol. The third-order valence-electron chi connectivity index (χ3n) is 10.8. The summed E-state index contributed by atoms with van der Waals surface area (Å²) in [5.41, 5.74) is 0.642. The van der Waals surface area contributed by atoms with Gasteiger partial charge in [0, 0.05) is 22.6 Å². The number of cyclic esters (lactones) is 1. The van der Waals surface area contributed by atoms with E-state index >= 15 is 0 Å². The second kappa shape index (κ2) is 8.26. The second-order valence-electron chi connectivity index (χ2n) is 12.9. The van der Waals surface area contributed by atoms with Gasteiger partial charge in [-0.05, 0) is 55.1 Å². The van der Waals surface area contributed by atoms with Gasteiger partial charge in [0.2, 0.25) is 5.78 Å². The summed E-state index contributed by atoms with van der Waals surface area (Å²) in [6.07, 6.45) is 2.33. The van der Waals surface area contributed by atoms with Crippen molar-refractivity contribution < 1.29 is 33.3 Å². The van der Waals surface area contributed by atoms with Crippen molar-refractivity contribution in [3.05, 3.63) is 88.7 Å². The zero-order chi connectivity index (χ0) is 28.3. The van der Waals surface area contributed by atoms with Crippen molar-refractivity contribution in [2.75, 3.05) is 0 Å². The number of esters is 2. The number of rotatable bonds is 4. The summed E-state index contributed by atoms with van der Waals surface area (Å²) in [6, 6.07) is 18.1. The van der Waals surface area contributed by atoms with Gasteiger partial charge in [0.25, 0.3) is 0 Å². The molecule has 3 heterocycles. The lowest BCUT2D eigenvalue weighted by atomic mass is 9.47. The Morgan fingerprint density at radius 2 is 1.61 bits per heavy atom. The van der Waals surface area contributed by atoms with Crippen LogP contribution in [-0.4, -0.2) is 41.1 Å². The van der Waals surface area contributed by atoms with Crippen LogP contribution in [0.3, 0.4) is 0 Å². The lowest BCUT2D eigenvalue weighted by molar-refractivity contribution is -0.139. The maximum absolute atomic E-state index is 14.0. The van der Waals surface area contributed by atoms with E-state index in [0.29, 0.717) is 35.3 Å². The van der Waals surface area contributed by atoms with Gasteiger partial charge in [-0.3, -0.25) is 4.79 Å². The van der Waals surface area contributed by atoms with Gasteiger partial charge in [-0.15, -0.1) is 0 Å². The Labute approximate surface area is 238 Å². The van der Waals surface area contributed by atoms with Crippen LogP contribution in [-0.2, 0) is 28.5 Å². The van der Waals surface area contributed by atoms with E-state index in [1.165, 1.54) is 0 Å². The van der Waals surface area contributed by atoms with E-state index in [-0.39, 0.29) is 52.9 Å². The highest BCUT2D eigenvalue weighted by molar-refractivity contribution is 6.03. The number of carbonyl (C=O) groups excluding carboxylic acids is 3. The maximum Gasteiger partial charge on any atom is 0.343 e. The van der Waals surface area contributed by atoms with Crippen molar-refractivity contribution >= 4 is 23.5 Å². The molecule has 2 saturated heterocycles. The first-order valence-electron chi connectivity index (χ1n) is 14.6. The highest BCUT2D eigenvalue weighted by atomic mass is 16.6. The lowest BCUT2D eigenvalue weighted by Gasteiger charge is -2.53. The number of epoxide rings is 2. The summed E-state index contributed by atoms with van der Waals surface area (Å²) in [5, 5.41) is 0. The van der Waals surface area contributed by atoms with Gasteiger partial charge in [-0.25, -0.2) is 9.59 Å². The van der Waals surface area contributed by atoms with Crippen molar-refractivity contribution in [2.45, 2.75) is 69.9 Å². The number of ketones is 1. The molecule has 1 unspecified atom stereocenters. The zero-order valence-electron chi connectivity index (χ0n) is 23.3. The highest BCUT2D eigenvalue weighted by Gasteiger charge is 2.85. The average Bonchev–Trinajstić information content (AvgIpc) is 3.87. The molecule has 8 rings (SSSR count). The molecule has 0 radical (unpaired) electrons. The molecular weight excluding hydrogens is 520 g/mol. The molecular formula is C34H32O7. The van der Waals surface area contributed by atoms with Gasteiger partial charge in [0.05, 0.1) is 17.8 Å². The van der Waals surface area contributed by atoms with Crippen LogP contribution in [0.1, 0.15) is 62.4 Å². The zero-order valence-corrected chi connectivity index (χ0v) is 23.3. The van der Waals surface area contributed by atoms with Gasteiger partial charge in [-0.1, -0.05) is 69.3 Å². The summed E-state index contributed by atoms with van der Waals surface area (Å²) in [6.45, 7) is 6.35. The Balaban J connectivity index is 1.23. The van der Waals surface area contributed by atoms with Crippen molar-refractivity contribution in [1.29, 1.82) is 0 Å². The Morgan fingerprint density at radius 3 is 2.29 bits per heavy atom. The first-order chi connectivity index (χ1) is 19.7. The van der Waals surface area contributed by atoms with Crippen LogP contribution in [0.2, 0.25) is 0 Å². The highest BCUT2D eigenvalue weighted by Crippen LogP contribution is 2.73. The van der Waals surface area contributed by atoms with Gasteiger partial charge >= 0.3 is 11.9 Å². The van der Waals surface area contributed by atoms with Crippen LogP contribution in [0, 0.1) is 23.2 Å². The lowest BCUT2D eigenvalue weighted by Crippen LogP contribution is -2.61. The number of ether oxygens (including phenoxy) is 4. The summed E-state index contributed by atoms with van der Waals surface area (Å²) >= 11 is 0. The molecule has 6 aliphatic rings. The number of fused-ring (bicyclic) bond motifs is 4. The molecule has 2 aromatic rings. The summed E-state index contributed by atoms with van der Waals surface area (Å²) in [4.78, 5) is 40.7. The Morgan fingerprint density at radius 1 is 0.927 bits per heavy atom. The van der Waals surface area contributed by atoms with Crippen molar-refractivity contribution in [1.82, 2.24) is 0 Å². The minimum Gasteiger partial charge on any atom is -0.419 e. The fraction of sp³-hybridized carbons (Fsp3) is 0.441. The van der Waals surface area contributed by atoms with E-state index in [1.807, 2.05) is 36.4 Å². The predicted molar refractivity (Wildman–Crippen MR) is 147 cm³/mol. The van der Waals surface area contributed by atoms with E-state index in [2.05, 4.69) is 20.8 Å². The van der Waals surface area contributed by atoms with Gasteiger partial charge < -0.3 is 18.9 Å². The number of Topliss-reactive ketones (excluding diaryl/α,β-unsaturated/α-hetero) is 1. The molecule has 2 aromatic carbocycles. The predicted octanol–water partition coefficient (Wildman–Crippen LogP) is 5.41. The van der Waals surface area contributed by atoms with Gasteiger partial charge in [0.1, 0.15) is 0 Å². The molecule has 7 heteroatoms. The molecule has 210 valence electrons. The smallest absolute Gasteiger partial charge is 0.343 e. The number of carbonyl (C=O) groups is 3. The third-order valence-corrected chi connectivity index (χ3v) is 10.8. The standard InChI is InChI=1S/C34H32O7/c1-18(2)33-25(40-33)17-23-32(3)15-14-21-26(22(32)16-24-34(23,41-24)31(33)37)28(39-30(21)36)27(19-10-6-4-7-11-19)38-29(35)20-12-8-5-9-13-20/h4-13,18,22-25H,14-17H2,1-3H3/b28-27+/t22-,23?,24-,25-,32-,33-,34+/m0/s1.